The fourth-order valence-electron chi connectivity index (χ4n) is 5.03. The Kier molecular flexibility index (Phi) is 5.99. The molecule has 5 rings (SSSR count). The molecule has 7 heteroatoms. The zero-order valence-electron chi connectivity index (χ0n) is 18.8. The van der Waals surface area contributed by atoms with Gasteiger partial charge in [-0.3, -0.25) is 4.79 Å². The first-order valence-electron chi connectivity index (χ1n) is 11.7. The third kappa shape index (κ3) is 4.43. The number of anilines is 2. The summed E-state index contributed by atoms with van der Waals surface area (Å²) in [6, 6.07) is 17.0. The highest BCUT2D eigenvalue weighted by Crippen LogP contribution is 2.36. The molecule has 6 nitrogen and oxygen atoms in total. The van der Waals surface area contributed by atoms with E-state index < -0.39 is 0 Å². The monoisotopic (exact) mass is 461 g/mol. The molecular formula is C26H28ClN5O. The minimum absolute atomic E-state index is 0.0986. The molecule has 1 N–H and O–H groups in total. The molecule has 0 atom stereocenters. The molecule has 2 fully saturated rings. The summed E-state index contributed by atoms with van der Waals surface area (Å²) in [5, 5.41) is 13.6. The second-order valence-electron chi connectivity index (χ2n) is 9.31. The first-order valence-corrected chi connectivity index (χ1v) is 12.1. The minimum Gasteiger partial charge on any atom is -0.379 e. The Balaban J connectivity index is 1.37. The van der Waals surface area contributed by atoms with Crippen LogP contribution in [0.1, 0.15) is 44.1 Å². The standard InChI is InChI=1S/C26H28ClN5O/c1-31-22-13-14-23(27)30-25(22)24(21(15-28)26(31)33)29-18-9-11-20(12-10-18)32(16-17-7-8-17)19-5-3-2-4-6-19/h2-6,13-14,17-18,20,29H,7-12,16H2,1H3/t18-,20-. The molecule has 0 bridgehead atoms. The number of hydrogen-bond donors (Lipinski definition) is 1. The van der Waals surface area contributed by atoms with Crippen molar-refractivity contribution in [2.45, 2.75) is 50.6 Å². The molecule has 0 amide bonds. The number of nitrogens with zero attached hydrogens (tertiary/aromatic N) is 4. The van der Waals surface area contributed by atoms with Crippen LogP contribution < -0.4 is 15.8 Å². The van der Waals surface area contributed by atoms with Crippen molar-refractivity contribution in [2.75, 3.05) is 16.8 Å². The summed E-state index contributed by atoms with van der Waals surface area (Å²) in [5.41, 5.74) is 2.84. The highest BCUT2D eigenvalue weighted by Gasteiger charge is 2.31. The number of nitriles is 1. The number of benzene rings is 1. The number of para-hydroxylation sites is 1. The van der Waals surface area contributed by atoms with Crippen molar-refractivity contribution in [3.63, 3.8) is 0 Å². The number of halogens is 1. The summed E-state index contributed by atoms with van der Waals surface area (Å²) in [7, 11) is 1.66. The topological polar surface area (TPSA) is 74.0 Å². The molecule has 2 saturated carbocycles. The molecule has 0 radical (unpaired) electrons. The highest BCUT2D eigenvalue weighted by atomic mass is 35.5. The lowest BCUT2D eigenvalue weighted by atomic mass is 9.89. The van der Waals surface area contributed by atoms with Gasteiger partial charge in [0.05, 0.1) is 11.2 Å². The molecule has 0 saturated heterocycles. The number of aryl methyl sites for hydroxylation is 1. The third-order valence-electron chi connectivity index (χ3n) is 7.04. The molecule has 0 aliphatic heterocycles. The third-order valence-corrected chi connectivity index (χ3v) is 7.25. The van der Waals surface area contributed by atoms with Gasteiger partial charge in [0.1, 0.15) is 22.3 Å². The van der Waals surface area contributed by atoms with Gasteiger partial charge >= 0.3 is 0 Å². The summed E-state index contributed by atoms with van der Waals surface area (Å²) in [5.74, 6) is 0.821. The Morgan fingerprint density at radius 1 is 1.12 bits per heavy atom. The van der Waals surface area contributed by atoms with E-state index >= 15 is 0 Å². The van der Waals surface area contributed by atoms with Gasteiger partial charge in [-0.25, -0.2) is 4.98 Å². The highest BCUT2D eigenvalue weighted by molar-refractivity contribution is 6.29. The van der Waals surface area contributed by atoms with Crippen LogP contribution in [0.4, 0.5) is 11.4 Å². The van der Waals surface area contributed by atoms with Crippen LogP contribution in [0.5, 0.6) is 0 Å². The van der Waals surface area contributed by atoms with Crippen molar-refractivity contribution in [3.8, 4) is 6.07 Å². The fourth-order valence-corrected chi connectivity index (χ4v) is 5.18. The van der Waals surface area contributed by atoms with Crippen LogP contribution in [-0.4, -0.2) is 28.2 Å². The second kappa shape index (κ2) is 9.07. The van der Waals surface area contributed by atoms with Crippen LogP contribution in [0.2, 0.25) is 5.15 Å². The van der Waals surface area contributed by atoms with Gasteiger partial charge in [-0.2, -0.15) is 5.26 Å². The zero-order chi connectivity index (χ0) is 22.9. The molecule has 0 spiro atoms. The Morgan fingerprint density at radius 2 is 1.85 bits per heavy atom. The van der Waals surface area contributed by atoms with Gasteiger partial charge in [-0.15, -0.1) is 0 Å². The lowest BCUT2D eigenvalue weighted by Gasteiger charge is -2.39. The summed E-state index contributed by atoms with van der Waals surface area (Å²) >= 11 is 6.17. The predicted molar refractivity (Wildman–Crippen MR) is 133 cm³/mol. The number of hydrogen-bond acceptors (Lipinski definition) is 5. The van der Waals surface area contributed by atoms with E-state index in [0.717, 1.165) is 38.1 Å². The van der Waals surface area contributed by atoms with E-state index in [9.17, 15) is 10.1 Å². The quantitative estimate of drug-likeness (QED) is 0.517. The zero-order valence-corrected chi connectivity index (χ0v) is 19.6. The molecule has 3 aromatic rings. The van der Waals surface area contributed by atoms with Gasteiger partial charge in [0.2, 0.25) is 0 Å². The van der Waals surface area contributed by atoms with Crippen molar-refractivity contribution in [1.82, 2.24) is 9.55 Å². The summed E-state index contributed by atoms with van der Waals surface area (Å²) in [6.07, 6.45) is 6.75. The number of rotatable bonds is 6. The first-order chi connectivity index (χ1) is 16.0. The van der Waals surface area contributed by atoms with Crippen molar-refractivity contribution >= 4 is 34.0 Å². The summed E-state index contributed by atoms with van der Waals surface area (Å²) < 4.78 is 1.47. The maximum atomic E-state index is 12.8. The van der Waals surface area contributed by atoms with E-state index in [0.29, 0.717) is 27.9 Å². The predicted octanol–water partition coefficient (Wildman–Crippen LogP) is 5.10. The maximum absolute atomic E-state index is 12.8. The van der Waals surface area contributed by atoms with Crippen LogP contribution >= 0.6 is 11.6 Å². The molecule has 1 aromatic carbocycles. The molecule has 2 aliphatic carbocycles. The normalized spacial score (nSPS) is 20.4. The van der Waals surface area contributed by atoms with Crippen LogP contribution in [0, 0.1) is 17.2 Å². The number of fused-ring (bicyclic) bond motifs is 1. The lowest BCUT2D eigenvalue weighted by molar-refractivity contribution is 0.386. The number of pyridine rings is 2. The maximum Gasteiger partial charge on any atom is 0.270 e. The van der Waals surface area contributed by atoms with E-state index in [-0.39, 0.29) is 17.2 Å². The van der Waals surface area contributed by atoms with Gasteiger partial charge in [-0.05, 0) is 68.7 Å². The van der Waals surface area contributed by atoms with Gasteiger partial charge in [0.25, 0.3) is 5.56 Å². The van der Waals surface area contributed by atoms with Gasteiger partial charge < -0.3 is 14.8 Å². The molecule has 33 heavy (non-hydrogen) atoms. The SMILES string of the molecule is Cn1c(=O)c(C#N)c(N[C@H]2CC[C@H](N(CC3CC3)c3ccccc3)CC2)c2nc(Cl)ccc21. The van der Waals surface area contributed by atoms with Crippen LogP contribution in [0.25, 0.3) is 11.0 Å². The number of aromatic nitrogens is 2. The van der Waals surface area contributed by atoms with Gasteiger partial charge in [-0.1, -0.05) is 29.8 Å². The minimum atomic E-state index is -0.315. The molecule has 170 valence electrons. The Bertz CT molecular complexity index is 1250. The number of nitrogens with one attached hydrogen (secondary N) is 1. The van der Waals surface area contributed by atoms with Crippen molar-refractivity contribution in [2.24, 2.45) is 13.0 Å². The Morgan fingerprint density at radius 3 is 2.52 bits per heavy atom. The Labute approximate surface area is 198 Å². The fraction of sp³-hybridized carbons (Fsp3) is 0.423. The van der Waals surface area contributed by atoms with Crippen LogP contribution in [0.15, 0.2) is 47.3 Å². The lowest BCUT2D eigenvalue weighted by Crippen LogP contribution is -2.42. The van der Waals surface area contributed by atoms with Crippen LogP contribution in [0.3, 0.4) is 0 Å². The Hall–Kier alpha value is -3.04. The van der Waals surface area contributed by atoms with Gasteiger partial charge in [0.15, 0.2) is 0 Å². The average Bonchev–Trinajstić information content (AvgIpc) is 3.66. The van der Waals surface area contributed by atoms with E-state index in [1.54, 1.807) is 19.2 Å². The van der Waals surface area contributed by atoms with E-state index in [1.807, 2.05) is 0 Å². The molecule has 2 heterocycles. The summed E-state index contributed by atoms with van der Waals surface area (Å²) in [6.45, 7) is 1.13. The van der Waals surface area contributed by atoms with Crippen molar-refractivity contribution < 1.29 is 0 Å². The average molecular weight is 462 g/mol. The van der Waals surface area contributed by atoms with E-state index in [2.05, 4.69) is 51.6 Å². The molecule has 2 aliphatic rings. The van der Waals surface area contributed by atoms with E-state index in [4.69, 9.17) is 11.6 Å². The molecule has 0 unspecified atom stereocenters. The largest absolute Gasteiger partial charge is 0.379 e. The second-order valence-corrected chi connectivity index (χ2v) is 9.70. The molecule has 2 aromatic heterocycles. The van der Waals surface area contributed by atoms with Crippen LogP contribution in [-0.2, 0) is 7.05 Å². The summed E-state index contributed by atoms with van der Waals surface area (Å²) in [4.78, 5) is 19.9. The smallest absolute Gasteiger partial charge is 0.270 e. The van der Waals surface area contributed by atoms with E-state index in [1.165, 1.54) is 23.1 Å². The van der Waals surface area contributed by atoms with Crippen molar-refractivity contribution in [1.29, 1.82) is 5.26 Å². The van der Waals surface area contributed by atoms with Gasteiger partial charge in [0, 0.05) is 31.4 Å². The van der Waals surface area contributed by atoms with Crippen molar-refractivity contribution in [3.05, 3.63) is 63.5 Å². The first kappa shape index (κ1) is 21.8. The molecular weight excluding hydrogens is 434 g/mol.